The Hall–Kier alpha value is -0.320. The molecule has 0 bridgehead atoms. The molecule has 1 unspecified atom stereocenters. The van der Waals surface area contributed by atoms with Gasteiger partial charge in [0.1, 0.15) is 6.10 Å². The van der Waals surface area contributed by atoms with Crippen LogP contribution < -0.4 is 11.1 Å². The first-order valence-corrected chi connectivity index (χ1v) is 6.24. The third-order valence-corrected chi connectivity index (χ3v) is 3.56. The van der Waals surface area contributed by atoms with Gasteiger partial charge < -0.3 is 15.8 Å². The molecule has 1 saturated carbocycles. The van der Waals surface area contributed by atoms with E-state index in [9.17, 15) is 4.79 Å². The van der Waals surface area contributed by atoms with E-state index in [1.807, 2.05) is 0 Å². The highest BCUT2D eigenvalue weighted by Gasteiger charge is 2.24. The lowest BCUT2D eigenvalue weighted by molar-refractivity contribution is -0.131. The Morgan fingerprint density at radius 1 is 1.41 bits per heavy atom. The van der Waals surface area contributed by atoms with Crippen LogP contribution in [0, 0.1) is 5.92 Å². The summed E-state index contributed by atoms with van der Waals surface area (Å²) in [5.41, 5.74) is 5.45. The van der Waals surface area contributed by atoms with Crippen molar-refractivity contribution in [1.82, 2.24) is 5.32 Å². The molecule has 4 nitrogen and oxygen atoms in total. The fourth-order valence-corrected chi connectivity index (χ4v) is 2.32. The standard InChI is InChI=1S/C12H24N2O2.ClH/c1-3-9-4-6-10(7-5-9)14-12(15)11(8-13)16-2;/h9-11H,3-8,13H2,1-2H3,(H,14,15);1H. The van der Waals surface area contributed by atoms with Crippen LogP contribution in [0.2, 0.25) is 0 Å². The predicted molar refractivity (Wildman–Crippen MR) is 71.3 cm³/mol. The molecular weight excluding hydrogens is 240 g/mol. The maximum absolute atomic E-state index is 11.7. The van der Waals surface area contributed by atoms with Crippen molar-refractivity contribution >= 4 is 18.3 Å². The number of nitrogens with two attached hydrogens (primary N) is 1. The highest BCUT2D eigenvalue weighted by molar-refractivity contribution is 5.85. The van der Waals surface area contributed by atoms with Crippen LogP contribution in [-0.2, 0) is 9.53 Å². The van der Waals surface area contributed by atoms with Gasteiger partial charge in [0.25, 0.3) is 5.91 Å². The number of carbonyl (C=O) groups excluding carboxylic acids is 1. The van der Waals surface area contributed by atoms with Crippen molar-refractivity contribution in [2.45, 2.75) is 51.2 Å². The zero-order valence-electron chi connectivity index (χ0n) is 10.8. The Balaban J connectivity index is 0.00000256. The zero-order valence-corrected chi connectivity index (χ0v) is 11.6. The molecular formula is C12H25ClN2O2. The number of nitrogens with one attached hydrogen (secondary N) is 1. The minimum atomic E-state index is -0.496. The number of hydrogen-bond donors (Lipinski definition) is 2. The predicted octanol–water partition coefficient (Wildman–Crippen LogP) is 1.47. The van der Waals surface area contributed by atoms with E-state index in [2.05, 4.69) is 12.2 Å². The zero-order chi connectivity index (χ0) is 12.0. The number of ether oxygens (including phenoxy) is 1. The Morgan fingerprint density at radius 2 is 2.00 bits per heavy atom. The molecule has 1 rings (SSSR count). The van der Waals surface area contributed by atoms with E-state index in [1.54, 1.807) is 0 Å². The smallest absolute Gasteiger partial charge is 0.250 e. The first-order chi connectivity index (χ1) is 7.71. The van der Waals surface area contributed by atoms with Gasteiger partial charge in [0.2, 0.25) is 0 Å². The molecule has 3 N–H and O–H groups in total. The number of carbonyl (C=O) groups is 1. The number of halogens is 1. The molecule has 1 atom stereocenters. The van der Waals surface area contributed by atoms with Crippen molar-refractivity contribution in [2.75, 3.05) is 13.7 Å². The van der Waals surface area contributed by atoms with Crippen LogP contribution in [0.15, 0.2) is 0 Å². The van der Waals surface area contributed by atoms with Gasteiger partial charge in [0.15, 0.2) is 0 Å². The summed E-state index contributed by atoms with van der Waals surface area (Å²) in [6.07, 6.45) is 5.38. The van der Waals surface area contributed by atoms with Gasteiger partial charge in [-0.1, -0.05) is 13.3 Å². The van der Waals surface area contributed by atoms with Crippen LogP contribution in [0.1, 0.15) is 39.0 Å². The molecule has 1 fully saturated rings. The van der Waals surface area contributed by atoms with Crippen LogP contribution in [0.4, 0.5) is 0 Å². The second-order valence-corrected chi connectivity index (χ2v) is 4.59. The SMILES string of the molecule is CCC1CCC(NC(=O)C(CN)OC)CC1.Cl. The van der Waals surface area contributed by atoms with Crippen molar-refractivity contribution in [1.29, 1.82) is 0 Å². The van der Waals surface area contributed by atoms with Gasteiger partial charge in [-0.15, -0.1) is 12.4 Å². The molecule has 1 amide bonds. The Morgan fingerprint density at radius 3 is 2.41 bits per heavy atom. The number of hydrogen-bond acceptors (Lipinski definition) is 3. The summed E-state index contributed by atoms with van der Waals surface area (Å²) < 4.78 is 5.01. The average Bonchev–Trinajstić information content (AvgIpc) is 2.31. The van der Waals surface area contributed by atoms with E-state index >= 15 is 0 Å². The van der Waals surface area contributed by atoms with Crippen LogP contribution in [-0.4, -0.2) is 31.7 Å². The van der Waals surface area contributed by atoms with E-state index in [0.29, 0.717) is 6.04 Å². The van der Waals surface area contributed by atoms with Crippen LogP contribution in [0.3, 0.4) is 0 Å². The summed E-state index contributed by atoms with van der Waals surface area (Å²) in [6.45, 7) is 2.48. The Labute approximate surface area is 110 Å². The first-order valence-electron chi connectivity index (χ1n) is 6.24. The van der Waals surface area contributed by atoms with E-state index in [4.69, 9.17) is 10.5 Å². The lowest BCUT2D eigenvalue weighted by Gasteiger charge is -2.29. The number of amides is 1. The summed E-state index contributed by atoms with van der Waals surface area (Å²) in [4.78, 5) is 11.7. The van der Waals surface area contributed by atoms with Gasteiger partial charge in [0, 0.05) is 19.7 Å². The molecule has 5 heteroatoms. The maximum atomic E-state index is 11.7. The van der Waals surface area contributed by atoms with Crippen molar-refractivity contribution in [3.05, 3.63) is 0 Å². The van der Waals surface area contributed by atoms with Crippen LogP contribution in [0.25, 0.3) is 0 Å². The molecule has 17 heavy (non-hydrogen) atoms. The second-order valence-electron chi connectivity index (χ2n) is 4.59. The van der Waals surface area contributed by atoms with Gasteiger partial charge in [-0.25, -0.2) is 0 Å². The monoisotopic (exact) mass is 264 g/mol. The summed E-state index contributed by atoms with van der Waals surface area (Å²) in [5, 5.41) is 3.02. The van der Waals surface area contributed by atoms with Crippen molar-refractivity contribution in [2.24, 2.45) is 11.7 Å². The highest BCUT2D eigenvalue weighted by atomic mass is 35.5. The number of methoxy groups -OCH3 is 1. The van der Waals surface area contributed by atoms with Gasteiger partial charge in [-0.2, -0.15) is 0 Å². The third-order valence-electron chi connectivity index (χ3n) is 3.56. The fraction of sp³-hybridized carbons (Fsp3) is 0.917. The van der Waals surface area contributed by atoms with Crippen molar-refractivity contribution in [3.8, 4) is 0 Å². The molecule has 0 aromatic rings. The number of rotatable bonds is 5. The molecule has 1 aliphatic rings. The van der Waals surface area contributed by atoms with Crippen LogP contribution >= 0.6 is 12.4 Å². The normalized spacial score (nSPS) is 25.8. The molecule has 0 heterocycles. The van der Waals surface area contributed by atoms with Crippen LogP contribution in [0.5, 0.6) is 0 Å². The summed E-state index contributed by atoms with van der Waals surface area (Å²) >= 11 is 0. The largest absolute Gasteiger partial charge is 0.370 e. The van der Waals surface area contributed by atoms with Gasteiger partial charge in [-0.3, -0.25) is 4.79 Å². The van der Waals surface area contributed by atoms with E-state index in [-0.39, 0.29) is 24.9 Å². The molecule has 0 spiro atoms. The molecule has 0 saturated heterocycles. The van der Waals surface area contributed by atoms with Crippen molar-refractivity contribution < 1.29 is 9.53 Å². The minimum Gasteiger partial charge on any atom is -0.370 e. The third kappa shape index (κ3) is 5.23. The molecule has 1 aliphatic carbocycles. The fourth-order valence-electron chi connectivity index (χ4n) is 2.32. The molecule has 0 aromatic heterocycles. The van der Waals surface area contributed by atoms with Gasteiger partial charge >= 0.3 is 0 Å². The summed E-state index contributed by atoms with van der Waals surface area (Å²) in [7, 11) is 1.52. The first kappa shape index (κ1) is 16.7. The van der Waals surface area contributed by atoms with E-state index in [0.717, 1.165) is 18.8 Å². The van der Waals surface area contributed by atoms with E-state index in [1.165, 1.54) is 26.4 Å². The lowest BCUT2D eigenvalue weighted by Crippen LogP contribution is -2.46. The maximum Gasteiger partial charge on any atom is 0.250 e. The molecule has 0 aliphatic heterocycles. The topological polar surface area (TPSA) is 64.4 Å². The average molecular weight is 265 g/mol. The Bertz CT molecular complexity index is 215. The van der Waals surface area contributed by atoms with Gasteiger partial charge in [0.05, 0.1) is 0 Å². The minimum absolute atomic E-state index is 0. The van der Waals surface area contributed by atoms with E-state index < -0.39 is 6.10 Å². The molecule has 0 aromatic carbocycles. The molecule has 102 valence electrons. The quantitative estimate of drug-likeness (QED) is 0.790. The summed E-state index contributed by atoms with van der Waals surface area (Å²) in [6, 6.07) is 0.319. The Kier molecular flexibility index (Phi) is 8.56. The molecule has 0 radical (unpaired) electrons. The summed E-state index contributed by atoms with van der Waals surface area (Å²) in [5.74, 6) is 0.783. The lowest BCUT2D eigenvalue weighted by atomic mass is 9.84. The van der Waals surface area contributed by atoms with Crippen molar-refractivity contribution in [3.63, 3.8) is 0 Å². The van der Waals surface area contributed by atoms with Gasteiger partial charge in [-0.05, 0) is 31.6 Å². The second kappa shape index (κ2) is 8.72. The highest BCUT2D eigenvalue weighted by Crippen LogP contribution is 2.26.